The zero-order chi connectivity index (χ0) is 18.2. The standard InChI is InChI=1S/C22H16N2OS2/c25-20-16-9-5-4-8-15(16)10-11-18(20)27-22-19-17(14-6-2-1-3-7-14)12-26-21(19)23-13-24-22/h1-9,12-13,18H,10-11H2. The van der Waals surface area contributed by atoms with Crippen LogP contribution in [-0.4, -0.2) is 21.0 Å². The van der Waals surface area contributed by atoms with Gasteiger partial charge in [-0.15, -0.1) is 11.3 Å². The number of fused-ring (bicyclic) bond motifs is 2. The highest BCUT2D eigenvalue weighted by molar-refractivity contribution is 8.00. The molecule has 0 aliphatic heterocycles. The van der Waals surface area contributed by atoms with Gasteiger partial charge in [0, 0.05) is 16.5 Å². The van der Waals surface area contributed by atoms with E-state index in [4.69, 9.17) is 0 Å². The lowest BCUT2D eigenvalue weighted by Crippen LogP contribution is -2.24. The Morgan fingerprint density at radius 3 is 2.67 bits per heavy atom. The summed E-state index contributed by atoms with van der Waals surface area (Å²) in [6, 6.07) is 18.2. The topological polar surface area (TPSA) is 42.9 Å². The minimum Gasteiger partial charge on any atom is -0.293 e. The van der Waals surface area contributed by atoms with Crippen molar-refractivity contribution in [1.82, 2.24) is 9.97 Å². The number of nitrogens with zero attached hydrogens (tertiary/aromatic N) is 2. The fourth-order valence-electron chi connectivity index (χ4n) is 3.58. The molecule has 1 atom stereocenters. The molecule has 0 saturated heterocycles. The van der Waals surface area contributed by atoms with Gasteiger partial charge >= 0.3 is 0 Å². The average Bonchev–Trinajstić information content (AvgIpc) is 3.16. The lowest BCUT2D eigenvalue weighted by Gasteiger charge is -2.22. The van der Waals surface area contributed by atoms with Crippen molar-refractivity contribution in [2.24, 2.45) is 0 Å². The number of thioether (sulfide) groups is 1. The van der Waals surface area contributed by atoms with Crippen LogP contribution >= 0.6 is 23.1 Å². The van der Waals surface area contributed by atoms with E-state index in [1.54, 1.807) is 29.4 Å². The smallest absolute Gasteiger partial charge is 0.176 e. The number of benzene rings is 2. The summed E-state index contributed by atoms with van der Waals surface area (Å²) in [6.07, 6.45) is 3.39. The molecule has 5 heteroatoms. The molecule has 1 aliphatic rings. The molecule has 1 unspecified atom stereocenters. The Labute approximate surface area is 165 Å². The Balaban J connectivity index is 1.55. The first kappa shape index (κ1) is 16.7. The molecule has 2 heterocycles. The first-order valence-electron chi connectivity index (χ1n) is 8.87. The number of carbonyl (C=O) groups is 1. The Hall–Kier alpha value is -2.50. The van der Waals surface area contributed by atoms with Crippen molar-refractivity contribution < 1.29 is 4.79 Å². The van der Waals surface area contributed by atoms with E-state index in [1.165, 1.54) is 0 Å². The molecule has 27 heavy (non-hydrogen) atoms. The van der Waals surface area contributed by atoms with Crippen molar-refractivity contribution in [3.8, 4) is 11.1 Å². The highest BCUT2D eigenvalue weighted by atomic mass is 32.2. The van der Waals surface area contributed by atoms with E-state index < -0.39 is 0 Å². The van der Waals surface area contributed by atoms with Crippen molar-refractivity contribution >= 4 is 39.1 Å². The van der Waals surface area contributed by atoms with Gasteiger partial charge < -0.3 is 0 Å². The molecule has 0 spiro atoms. The summed E-state index contributed by atoms with van der Waals surface area (Å²) in [5.41, 5.74) is 4.32. The van der Waals surface area contributed by atoms with E-state index in [-0.39, 0.29) is 11.0 Å². The van der Waals surface area contributed by atoms with Gasteiger partial charge in [-0.25, -0.2) is 9.97 Å². The van der Waals surface area contributed by atoms with Crippen LogP contribution in [0.5, 0.6) is 0 Å². The van der Waals surface area contributed by atoms with E-state index >= 15 is 0 Å². The molecule has 132 valence electrons. The minimum absolute atomic E-state index is 0.0958. The third kappa shape index (κ3) is 2.97. The van der Waals surface area contributed by atoms with Crippen molar-refractivity contribution in [3.63, 3.8) is 0 Å². The quantitative estimate of drug-likeness (QED) is 0.426. The van der Waals surface area contributed by atoms with Crippen molar-refractivity contribution in [1.29, 1.82) is 0 Å². The molecular formula is C22H16N2OS2. The van der Waals surface area contributed by atoms with Gasteiger partial charge in [-0.05, 0) is 24.0 Å². The maximum Gasteiger partial charge on any atom is 0.176 e. The molecule has 4 aromatic rings. The summed E-state index contributed by atoms with van der Waals surface area (Å²) >= 11 is 3.21. The minimum atomic E-state index is -0.0958. The first-order chi connectivity index (χ1) is 13.3. The van der Waals surface area contributed by atoms with Crippen LogP contribution in [0, 0.1) is 0 Å². The van der Waals surface area contributed by atoms with E-state index in [2.05, 4.69) is 33.5 Å². The van der Waals surface area contributed by atoms with Crippen molar-refractivity contribution in [2.75, 3.05) is 0 Å². The van der Waals surface area contributed by atoms with Crippen LogP contribution in [0.2, 0.25) is 0 Å². The van der Waals surface area contributed by atoms with Crippen molar-refractivity contribution in [2.45, 2.75) is 23.1 Å². The Bertz CT molecular complexity index is 1140. The zero-order valence-electron chi connectivity index (χ0n) is 14.5. The van der Waals surface area contributed by atoms with Crippen LogP contribution in [0.25, 0.3) is 21.3 Å². The Morgan fingerprint density at radius 2 is 1.78 bits per heavy atom. The molecule has 0 radical (unpaired) electrons. The normalized spacial score (nSPS) is 16.4. The van der Waals surface area contributed by atoms with Gasteiger partial charge in [0.2, 0.25) is 0 Å². The van der Waals surface area contributed by atoms with Gasteiger partial charge in [0.05, 0.1) is 10.6 Å². The van der Waals surface area contributed by atoms with Crippen LogP contribution in [0.1, 0.15) is 22.3 Å². The molecule has 5 rings (SSSR count). The van der Waals surface area contributed by atoms with Gasteiger partial charge in [-0.2, -0.15) is 0 Å². The molecular weight excluding hydrogens is 372 g/mol. The van der Waals surface area contributed by atoms with E-state index in [0.29, 0.717) is 0 Å². The summed E-state index contributed by atoms with van der Waals surface area (Å²) in [4.78, 5) is 23.0. The number of aryl methyl sites for hydroxylation is 1. The number of aromatic nitrogens is 2. The zero-order valence-corrected chi connectivity index (χ0v) is 16.1. The average molecular weight is 389 g/mol. The molecule has 0 saturated carbocycles. The summed E-state index contributed by atoms with van der Waals surface area (Å²) < 4.78 is 0. The number of carbonyl (C=O) groups excluding carboxylic acids is 1. The number of rotatable bonds is 3. The number of hydrogen-bond acceptors (Lipinski definition) is 5. The van der Waals surface area contributed by atoms with E-state index in [9.17, 15) is 4.79 Å². The highest BCUT2D eigenvalue weighted by Crippen LogP contribution is 2.41. The summed E-state index contributed by atoms with van der Waals surface area (Å²) in [5, 5.41) is 4.00. The van der Waals surface area contributed by atoms with E-state index in [0.717, 1.165) is 50.3 Å². The van der Waals surface area contributed by atoms with Crippen LogP contribution in [0.3, 0.4) is 0 Å². The third-order valence-corrected chi connectivity index (χ3v) is 7.08. The number of hydrogen-bond donors (Lipinski definition) is 0. The largest absolute Gasteiger partial charge is 0.293 e. The molecule has 2 aromatic carbocycles. The van der Waals surface area contributed by atoms with Crippen LogP contribution in [0.15, 0.2) is 71.3 Å². The lowest BCUT2D eigenvalue weighted by molar-refractivity contribution is 0.0979. The number of Topliss-reactive ketones (excluding diaryl/α,β-unsaturated/α-hetero) is 1. The second-order valence-corrected chi connectivity index (χ2v) is 8.59. The Kier molecular flexibility index (Phi) is 4.26. The summed E-state index contributed by atoms with van der Waals surface area (Å²) in [5.74, 6) is 0.213. The maximum absolute atomic E-state index is 13.0. The summed E-state index contributed by atoms with van der Waals surface area (Å²) in [6.45, 7) is 0. The van der Waals surface area contributed by atoms with Crippen LogP contribution in [-0.2, 0) is 6.42 Å². The van der Waals surface area contributed by atoms with Crippen LogP contribution in [0.4, 0.5) is 0 Å². The van der Waals surface area contributed by atoms with Crippen molar-refractivity contribution in [3.05, 3.63) is 77.4 Å². The number of ketones is 1. The predicted molar refractivity (Wildman–Crippen MR) is 112 cm³/mol. The Morgan fingerprint density at radius 1 is 0.963 bits per heavy atom. The SMILES string of the molecule is O=C1c2ccccc2CCC1Sc1ncnc2scc(-c3ccccc3)c12. The molecule has 0 fully saturated rings. The van der Waals surface area contributed by atoms with Gasteiger partial charge in [-0.1, -0.05) is 66.4 Å². The summed E-state index contributed by atoms with van der Waals surface area (Å²) in [7, 11) is 0. The van der Waals surface area contributed by atoms with Gasteiger partial charge in [0.1, 0.15) is 16.2 Å². The van der Waals surface area contributed by atoms with E-state index in [1.807, 2.05) is 36.4 Å². The first-order valence-corrected chi connectivity index (χ1v) is 10.6. The molecule has 1 aliphatic carbocycles. The van der Waals surface area contributed by atoms with Crippen LogP contribution < -0.4 is 0 Å². The highest BCUT2D eigenvalue weighted by Gasteiger charge is 2.29. The molecule has 2 aromatic heterocycles. The van der Waals surface area contributed by atoms with Gasteiger partial charge in [0.25, 0.3) is 0 Å². The van der Waals surface area contributed by atoms with Gasteiger partial charge in [0.15, 0.2) is 5.78 Å². The molecule has 3 nitrogen and oxygen atoms in total. The lowest BCUT2D eigenvalue weighted by atomic mass is 9.90. The molecule has 0 bridgehead atoms. The monoisotopic (exact) mass is 388 g/mol. The molecule has 0 amide bonds. The second kappa shape index (κ2) is 6.91. The fraction of sp³-hybridized carbons (Fsp3) is 0.136. The maximum atomic E-state index is 13.0. The number of thiophene rings is 1. The third-order valence-electron chi connectivity index (χ3n) is 4.93. The second-order valence-electron chi connectivity index (χ2n) is 6.54. The fourth-order valence-corrected chi connectivity index (χ4v) is 5.74. The molecule has 0 N–H and O–H groups in total. The predicted octanol–water partition coefficient (Wildman–Crippen LogP) is 5.65. The van der Waals surface area contributed by atoms with Gasteiger partial charge in [-0.3, -0.25) is 4.79 Å².